The minimum Gasteiger partial charge on any atom is -0.488 e. The second-order valence-corrected chi connectivity index (χ2v) is 7.32. The molecule has 0 atom stereocenters. The molecule has 120 valence electrons. The first-order chi connectivity index (χ1) is 10.3. The minimum atomic E-state index is -3.59. The number of ether oxygens (including phenoxy) is 1. The Bertz CT molecular complexity index is 691. The molecule has 0 unspecified atom stereocenters. The van der Waals surface area contributed by atoms with Gasteiger partial charge in [0.15, 0.2) is 0 Å². The number of amides is 1. The van der Waals surface area contributed by atoms with Crippen LogP contribution in [0.2, 0.25) is 0 Å². The molecule has 6 nitrogen and oxygen atoms in total. The number of nitrogens with zero attached hydrogens (tertiary/aromatic N) is 1. The first-order valence-electron chi connectivity index (χ1n) is 7.03. The first kappa shape index (κ1) is 16.5. The van der Waals surface area contributed by atoms with E-state index in [9.17, 15) is 13.2 Å². The van der Waals surface area contributed by atoms with E-state index >= 15 is 0 Å². The highest BCUT2D eigenvalue weighted by Gasteiger charge is 2.28. The number of sulfonamides is 1. The average molecular weight is 324 g/mol. The maximum absolute atomic E-state index is 12.5. The van der Waals surface area contributed by atoms with Crippen molar-refractivity contribution in [3.05, 3.63) is 35.9 Å². The highest BCUT2D eigenvalue weighted by Crippen LogP contribution is 2.26. The third-order valence-corrected chi connectivity index (χ3v) is 5.29. The van der Waals surface area contributed by atoms with E-state index in [1.165, 1.54) is 22.5 Å². The molecule has 1 saturated heterocycles. The van der Waals surface area contributed by atoms with Crippen LogP contribution in [0.3, 0.4) is 0 Å². The van der Waals surface area contributed by atoms with Crippen LogP contribution in [0, 0.1) is 0 Å². The van der Waals surface area contributed by atoms with Crippen molar-refractivity contribution in [2.45, 2.75) is 24.7 Å². The highest BCUT2D eigenvalue weighted by atomic mass is 32.2. The molecule has 0 saturated carbocycles. The quantitative estimate of drug-likeness (QED) is 0.804. The van der Waals surface area contributed by atoms with Gasteiger partial charge in [0.25, 0.3) is 5.91 Å². The number of carbonyl (C=O) groups is 1. The minimum absolute atomic E-state index is 0.0570. The molecule has 0 radical (unpaired) electrons. The van der Waals surface area contributed by atoms with Crippen LogP contribution in [0.25, 0.3) is 0 Å². The van der Waals surface area contributed by atoms with E-state index in [1.807, 2.05) is 0 Å². The van der Waals surface area contributed by atoms with Crippen LogP contribution in [0.1, 0.15) is 30.1 Å². The molecule has 1 aromatic carbocycles. The number of primary amides is 1. The Kier molecular flexibility index (Phi) is 4.87. The normalized spacial score (nSPS) is 15.7. The first-order valence-corrected chi connectivity index (χ1v) is 8.47. The molecular weight excluding hydrogens is 304 g/mol. The Balaban J connectivity index is 2.36. The van der Waals surface area contributed by atoms with Crippen molar-refractivity contribution in [2.24, 2.45) is 5.73 Å². The second kappa shape index (κ2) is 6.50. The van der Waals surface area contributed by atoms with Crippen LogP contribution < -0.4 is 10.5 Å². The van der Waals surface area contributed by atoms with Gasteiger partial charge in [0.05, 0.1) is 10.5 Å². The molecule has 1 heterocycles. The van der Waals surface area contributed by atoms with E-state index in [2.05, 4.69) is 6.58 Å². The van der Waals surface area contributed by atoms with Crippen molar-refractivity contribution in [2.75, 3.05) is 19.7 Å². The number of hydrogen-bond donors (Lipinski definition) is 1. The fraction of sp³-hybridized carbons (Fsp3) is 0.400. The summed E-state index contributed by atoms with van der Waals surface area (Å²) in [6.45, 7) is 6.74. The molecule has 0 aliphatic carbocycles. The van der Waals surface area contributed by atoms with Crippen molar-refractivity contribution in [1.29, 1.82) is 0 Å². The van der Waals surface area contributed by atoms with Crippen molar-refractivity contribution in [3.8, 4) is 5.75 Å². The van der Waals surface area contributed by atoms with Gasteiger partial charge in [-0.05, 0) is 43.5 Å². The van der Waals surface area contributed by atoms with Crippen LogP contribution >= 0.6 is 0 Å². The molecule has 1 aromatic rings. The van der Waals surface area contributed by atoms with E-state index < -0.39 is 15.9 Å². The molecular formula is C15H20N2O4S. The third kappa shape index (κ3) is 3.48. The smallest absolute Gasteiger partial charge is 0.252 e. The molecule has 1 aliphatic heterocycles. The summed E-state index contributed by atoms with van der Waals surface area (Å²) in [7, 11) is -3.59. The van der Waals surface area contributed by atoms with Crippen LogP contribution in [0.5, 0.6) is 5.75 Å². The van der Waals surface area contributed by atoms with E-state index in [0.717, 1.165) is 18.4 Å². The zero-order valence-corrected chi connectivity index (χ0v) is 13.4. The van der Waals surface area contributed by atoms with Gasteiger partial charge in [0.2, 0.25) is 10.0 Å². The zero-order valence-electron chi connectivity index (χ0n) is 12.5. The van der Waals surface area contributed by atoms with Gasteiger partial charge in [0, 0.05) is 13.1 Å². The van der Waals surface area contributed by atoms with Gasteiger partial charge in [-0.2, -0.15) is 4.31 Å². The van der Waals surface area contributed by atoms with Gasteiger partial charge >= 0.3 is 0 Å². The molecule has 0 spiro atoms. The summed E-state index contributed by atoms with van der Waals surface area (Å²) < 4.78 is 31.9. The predicted octanol–water partition coefficient (Wildman–Crippen LogP) is 1.52. The average Bonchev–Trinajstić information content (AvgIpc) is 2.99. The van der Waals surface area contributed by atoms with Gasteiger partial charge in [-0.15, -0.1) is 0 Å². The second-order valence-electron chi connectivity index (χ2n) is 5.38. The molecule has 7 heteroatoms. The van der Waals surface area contributed by atoms with Crippen molar-refractivity contribution >= 4 is 15.9 Å². The maximum atomic E-state index is 12.5. The lowest BCUT2D eigenvalue weighted by atomic mass is 10.2. The van der Waals surface area contributed by atoms with E-state index in [0.29, 0.717) is 13.1 Å². The number of rotatable bonds is 6. The number of nitrogens with two attached hydrogens (primary N) is 1. The predicted molar refractivity (Wildman–Crippen MR) is 83.3 cm³/mol. The fourth-order valence-corrected chi connectivity index (χ4v) is 3.81. The molecule has 0 aromatic heterocycles. The Morgan fingerprint density at radius 3 is 2.55 bits per heavy atom. The van der Waals surface area contributed by atoms with E-state index in [-0.39, 0.29) is 22.8 Å². The summed E-state index contributed by atoms with van der Waals surface area (Å²) in [5, 5.41) is 0. The summed E-state index contributed by atoms with van der Waals surface area (Å²) in [5.41, 5.74) is 6.18. The Morgan fingerprint density at radius 1 is 1.36 bits per heavy atom. The van der Waals surface area contributed by atoms with E-state index in [4.69, 9.17) is 10.5 Å². The van der Waals surface area contributed by atoms with Gasteiger partial charge in [0.1, 0.15) is 12.4 Å². The number of hydrogen-bond acceptors (Lipinski definition) is 4. The van der Waals surface area contributed by atoms with Crippen LogP contribution in [-0.4, -0.2) is 38.3 Å². The third-order valence-electron chi connectivity index (χ3n) is 3.39. The van der Waals surface area contributed by atoms with E-state index in [1.54, 1.807) is 6.92 Å². The largest absolute Gasteiger partial charge is 0.488 e. The summed E-state index contributed by atoms with van der Waals surface area (Å²) in [5.74, 6) is -0.467. The molecule has 2 rings (SSSR count). The van der Waals surface area contributed by atoms with Crippen molar-refractivity contribution < 1.29 is 17.9 Å². The van der Waals surface area contributed by atoms with Gasteiger partial charge in [-0.1, -0.05) is 6.58 Å². The van der Waals surface area contributed by atoms with Gasteiger partial charge < -0.3 is 10.5 Å². The Labute approximate surface area is 130 Å². The highest BCUT2D eigenvalue weighted by molar-refractivity contribution is 7.89. The molecule has 1 fully saturated rings. The Hall–Kier alpha value is -1.86. The lowest BCUT2D eigenvalue weighted by Gasteiger charge is -2.17. The standard InChI is InChI=1S/C15H20N2O4S/c1-11(2)10-21-14-6-5-12(9-13(14)15(16)18)22(19,20)17-7-3-4-8-17/h5-6,9H,1,3-4,7-8,10H2,2H3,(H2,16,18). The summed E-state index contributed by atoms with van der Waals surface area (Å²) in [4.78, 5) is 11.6. The molecule has 1 aliphatic rings. The molecule has 2 N–H and O–H groups in total. The zero-order chi connectivity index (χ0) is 16.3. The fourth-order valence-electron chi connectivity index (χ4n) is 2.27. The summed E-state index contributed by atoms with van der Waals surface area (Å²) in [6, 6.07) is 4.18. The number of carbonyl (C=O) groups excluding carboxylic acids is 1. The maximum Gasteiger partial charge on any atom is 0.252 e. The molecule has 22 heavy (non-hydrogen) atoms. The Morgan fingerprint density at radius 2 is 2.00 bits per heavy atom. The number of benzene rings is 1. The van der Waals surface area contributed by atoms with Gasteiger partial charge in [-0.25, -0.2) is 8.42 Å². The topological polar surface area (TPSA) is 89.7 Å². The lowest BCUT2D eigenvalue weighted by molar-refractivity contribution is 0.0996. The molecule has 0 bridgehead atoms. The van der Waals surface area contributed by atoms with Crippen molar-refractivity contribution in [3.63, 3.8) is 0 Å². The summed E-state index contributed by atoms with van der Waals surface area (Å²) >= 11 is 0. The monoisotopic (exact) mass is 324 g/mol. The van der Waals surface area contributed by atoms with Crippen LogP contribution in [0.4, 0.5) is 0 Å². The lowest BCUT2D eigenvalue weighted by Crippen LogP contribution is -2.28. The van der Waals surface area contributed by atoms with Crippen LogP contribution in [-0.2, 0) is 10.0 Å². The van der Waals surface area contributed by atoms with Gasteiger partial charge in [-0.3, -0.25) is 4.79 Å². The molecule has 1 amide bonds. The van der Waals surface area contributed by atoms with Crippen LogP contribution in [0.15, 0.2) is 35.2 Å². The SMILES string of the molecule is C=C(C)COc1ccc(S(=O)(=O)N2CCCC2)cc1C(N)=O. The summed E-state index contributed by atoms with van der Waals surface area (Å²) in [6.07, 6.45) is 1.70. The van der Waals surface area contributed by atoms with Crippen molar-refractivity contribution in [1.82, 2.24) is 4.31 Å².